The smallest absolute Gasteiger partial charge is 0.120 e. The maximum Gasteiger partial charge on any atom is 0.120 e. The normalized spacial score (nSPS) is 9.88. The number of halogens is 1. The van der Waals surface area contributed by atoms with Crippen LogP contribution in [0.25, 0.3) is 0 Å². The minimum absolute atomic E-state index is 0.236. The topological polar surface area (TPSA) is 18.5 Å². The van der Waals surface area contributed by atoms with Crippen LogP contribution >= 0.6 is 11.6 Å². The molecule has 0 amide bonds. The minimum atomic E-state index is 0.236. The van der Waals surface area contributed by atoms with Crippen LogP contribution in [0.5, 0.6) is 5.75 Å². The summed E-state index contributed by atoms with van der Waals surface area (Å²) in [5.41, 5.74) is 0.910. The molecule has 0 aliphatic heterocycles. The molecule has 0 bridgehead atoms. The van der Waals surface area contributed by atoms with E-state index >= 15 is 0 Å². The lowest BCUT2D eigenvalue weighted by Gasteiger charge is -2.09. The average molecular weight is 253 g/mol. The summed E-state index contributed by atoms with van der Waals surface area (Å²) in [4.78, 5) is 0. The summed E-state index contributed by atoms with van der Waals surface area (Å²) in [6.07, 6.45) is 0.236. The molecule has 0 unspecified atom stereocenters. The van der Waals surface area contributed by atoms with Gasteiger partial charge in [0.25, 0.3) is 0 Å². The van der Waals surface area contributed by atoms with Gasteiger partial charge in [-0.3, -0.25) is 0 Å². The fourth-order valence-electron chi connectivity index (χ4n) is 1.24. The molecule has 0 N–H and O–H groups in total. The molecule has 0 aliphatic rings. The third kappa shape index (κ3) is 6.21. The number of rotatable bonds is 5. The van der Waals surface area contributed by atoms with Crippen molar-refractivity contribution in [1.29, 1.82) is 0 Å². The zero-order valence-electron chi connectivity index (χ0n) is 10.2. The monoisotopic (exact) mass is 252 g/mol. The first-order valence-corrected chi connectivity index (χ1v) is 6.15. The standard InChI is InChI=1S/C14H17ClO2/c1-12(2)16-9-10-17-14-7-3-5-13(11-14)6-4-8-15/h3,5,7,11-12H,8-10H2,1-2H3. The predicted molar refractivity (Wildman–Crippen MR) is 70.6 cm³/mol. The van der Waals surface area contributed by atoms with Gasteiger partial charge in [0, 0.05) is 5.56 Å². The zero-order chi connectivity index (χ0) is 12.5. The number of benzene rings is 1. The summed E-state index contributed by atoms with van der Waals surface area (Å²) < 4.78 is 10.9. The van der Waals surface area contributed by atoms with Crippen molar-refractivity contribution >= 4 is 11.6 Å². The highest BCUT2D eigenvalue weighted by Gasteiger charge is 1.96. The molecule has 0 fully saturated rings. The van der Waals surface area contributed by atoms with E-state index in [1.165, 1.54) is 0 Å². The van der Waals surface area contributed by atoms with E-state index in [1.54, 1.807) is 0 Å². The summed E-state index contributed by atoms with van der Waals surface area (Å²) in [6, 6.07) is 7.64. The lowest BCUT2D eigenvalue weighted by molar-refractivity contribution is 0.0552. The van der Waals surface area contributed by atoms with Crippen molar-refractivity contribution in [2.75, 3.05) is 19.1 Å². The molecular formula is C14H17ClO2. The Labute approximate surface area is 108 Å². The van der Waals surface area contributed by atoms with Gasteiger partial charge in [-0.2, -0.15) is 0 Å². The molecule has 1 aromatic carbocycles. The van der Waals surface area contributed by atoms with Gasteiger partial charge in [0.1, 0.15) is 12.4 Å². The lowest BCUT2D eigenvalue weighted by Crippen LogP contribution is -2.11. The largest absolute Gasteiger partial charge is 0.491 e. The van der Waals surface area contributed by atoms with E-state index in [4.69, 9.17) is 21.1 Å². The molecule has 0 saturated heterocycles. The van der Waals surface area contributed by atoms with Crippen LogP contribution in [0.2, 0.25) is 0 Å². The minimum Gasteiger partial charge on any atom is -0.491 e. The molecule has 1 rings (SSSR count). The van der Waals surface area contributed by atoms with Gasteiger partial charge in [-0.15, -0.1) is 11.6 Å². The molecule has 92 valence electrons. The Hall–Kier alpha value is -1.17. The quantitative estimate of drug-likeness (QED) is 0.456. The van der Waals surface area contributed by atoms with Gasteiger partial charge in [-0.25, -0.2) is 0 Å². The number of ether oxygens (including phenoxy) is 2. The summed E-state index contributed by atoms with van der Waals surface area (Å²) in [6.45, 7) is 5.14. The van der Waals surface area contributed by atoms with Gasteiger partial charge in [0.2, 0.25) is 0 Å². The van der Waals surface area contributed by atoms with Gasteiger partial charge in [0.15, 0.2) is 0 Å². The third-order valence-corrected chi connectivity index (χ3v) is 2.07. The van der Waals surface area contributed by atoms with Crippen LogP contribution < -0.4 is 4.74 Å². The number of hydrogen-bond acceptors (Lipinski definition) is 2. The van der Waals surface area contributed by atoms with Crippen LogP contribution in [0.4, 0.5) is 0 Å². The molecule has 0 heterocycles. The maximum absolute atomic E-state index is 5.55. The van der Waals surface area contributed by atoms with E-state index in [0.717, 1.165) is 11.3 Å². The first kappa shape index (κ1) is 13.9. The SMILES string of the molecule is CC(C)OCCOc1cccc(C#CCCl)c1. The molecule has 0 saturated carbocycles. The molecule has 0 spiro atoms. The van der Waals surface area contributed by atoms with Crippen molar-refractivity contribution in [2.45, 2.75) is 20.0 Å². The summed E-state index contributed by atoms with van der Waals surface area (Å²) >= 11 is 5.50. The van der Waals surface area contributed by atoms with Crippen LogP contribution in [0.3, 0.4) is 0 Å². The molecule has 0 aliphatic carbocycles. The van der Waals surface area contributed by atoms with Crippen LogP contribution in [-0.4, -0.2) is 25.2 Å². The molecule has 0 radical (unpaired) electrons. The molecular weight excluding hydrogens is 236 g/mol. The van der Waals surface area contributed by atoms with Crippen molar-refractivity contribution in [3.05, 3.63) is 29.8 Å². The van der Waals surface area contributed by atoms with Crippen molar-refractivity contribution in [2.24, 2.45) is 0 Å². The first-order valence-electron chi connectivity index (χ1n) is 5.61. The molecule has 2 nitrogen and oxygen atoms in total. The number of alkyl halides is 1. The Morgan fingerprint density at radius 3 is 2.82 bits per heavy atom. The molecule has 0 aromatic heterocycles. The average Bonchev–Trinajstić information content (AvgIpc) is 2.32. The van der Waals surface area contributed by atoms with Gasteiger partial charge >= 0.3 is 0 Å². The fraction of sp³-hybridized carbons (Fsp3) is 0.429. The number of hydrogen-bond donors (Lipinski definition) is 0. The van der Waals surface area contributed by atoms with E-state index < -0.39 is 0 Å². The second-order valence-electron chi connectivity index (χ2n) is 3.73. The van der Waals surface area contributed by atoms with Crippen molar-refractivity contribution in [3.63, 3.8) is 0 Å². The van der Waals surface area contributed by atoms with E-state index in [-0.39, 0.29) is 6.10 Å². The lowest BCUT2D eigenvalue weighted by atomic mass is 10.2. The van der Waals surface area contributed by atoms with Crippen molar-refractivity contribution in [1.82, 2.24) is 0 Å². The molecule has 1 aromatic rings. The van der Waals surface area contributed by atoms with Crippen LogP contribution in [0.1, 0.15) is 19.4 Å². The Morgan fingerprint density at radius 2 is 2.12 bits per heavy atom. The van der Waals surface area contributed by atoms with Crippen molar-refractivity contribution in [3.8, 4) is 17.6 Å². The highest BCUT2D eigenvalue weighted by molar-refractivity contribution is 6.19. The van der Waals surface area contributed by atoms with E-state index in [2.05, 4.69) is 11.8 Å². The zero-order valence-corrected chi connectivity index (χ0v) is 11.0. The molecule has 3 heteroatoms. The Morgan fingerprint density at radius 1 is 1.29 bits per heavy atom. The van der Waals surface area contributed by atoms with Crippen molar-refractivity contribution < 1.29 is 9.47 Å². The molecule has 17 heavy (non-hydrogen) atoms. The maximum atomic E-state index is 5.55. The van der Waals surface area contributed by atoms with E-state index in [1.807, 2.05) is 38.1 Å². The highest BCUT2D eigenvalue weighted by Crippen LogP contribution is 2.12. The van der Waals surface area contributed by atoms with Crippen LogP contribution in [0.15, 0.2) is 24.3 Å². The van der Waals surface area contributed by atoms with Gasteiger partial charge in [0.05, 0.1) is 18.6 Å². The Bertz CT molecular complexity index is 391. The Balaban J connectivity index is 2.43. The summed E-state index contributed by atoms with van der Waals surface area (Å²) in [7, 11) is 0. The predicted octanol–water partition coefficient (Wildman–Crippen LogP) is 3.08. The van der Waals surface area contributed by atoms with E-state index in [0.29, 0.717) is 19.1 Å². The second-order valence-corrected chi connectivity index (χ2v) is 4.00. The third-order valence-electron chi connectivity index (χ3n) is 1.94. The van der Waals surface area contributed by atoms with Crippen LogP contribution in [-0.2, 0) is 4.74 Å². The fourth-order valence-corrected chi connectivity index (χ4v) is 1.31. The van der Waals surface area contributed by atoms with Gasteiger partial charge in [-0.05, 0) is 32.0 Å². The van der Waals surface area contributed by atoms with Gasteiger partial charge in [-0.1, -0.05) is 17.9 Å². The summed E-state index contributed by atoms with van der Waals surface area (Å²) in [5.74, 6) is 6.90. The molecule has 0 atom stereocenters. The van der Waals surface area contributed by atoms with Crippen LogP contribution in [0, 0.1) is 11.8 Å². The second kappa shape index (κ2) is 8.00. The Kier molecular flexibility index (Phi) is 6.54. The first-order chi connectivity index (χ1) is 8.22. The van der Waals surface area contributed by atoms with E-state index in [9.17, 15) is 0 Å². The van der Waals surface area contributed by atoms with Gasteiger partial charge < -0.3 is 9.47 Å². The highest BCUT2D eigenvalue weighted by atomic mass is 35.5. The summed E-state index contributed by atoms with van der Waals surface area (Å²) in [5, 5.41) is 0.